The first-order chi connectivity index (χ1) is 11.8. The Morgan fingerprint density at radius 2 is 1.92 bits per heavy atom. The molecule has 6 nitrogen and oxygen atoms in total. The normalized spacial score (nSPS) is 11.0. The zero-order chi connectivity index (χ0) is 18.3. The van der Waals surface area contributed by atoms with Gasteiger partial charge in [0.2, 0.25) is 0 Å². The van der Waals surface area contributed by atoms with E-state index in [9.17, 15) is 4.79 Å². The van der Waals surface area contributed by atoms with Crippen LogP contribution in [0.4, 0.5) is 16.2 Å². The summed E-state index contributed by atoms with van der Waals surface area (Å²) >= 11 is 0. The number of hydrogen-bond acceptors (Lipinski definition) is 5. The molecule has 0 aliphatic carbocycles. The lowest BCUT2D eigenvalue weighted by Gasteiger charge is -2.20. The summed E-state index contributed by atoms with van der Waals surface area (Å²) in [6.45, 7) is 5.97. The van der Waals surface area contributed by atoms with E-state index in [1.54, 1.807) is 30.6 Å². The van der Waals surface area contributed by atoms with Crippen LogP contribution in [0.15, 0.2) is 42.7 Å². The number of aromatic nitrogens is 1. The number of anilines is 2. The number of nitrogens with zero attached hydrogens (tertiary/aromatic N) is 1. The first kappa shape index (κ1) is 18.6. The van der Waals surface area contributed by atoms with Crippen LogP contribution in [0.1, 0.15) is 32.8 Å². The maximum atomic E-state index is 11.8. The average Bonchev–Trinajstić information content (AvgIpc) is 2.53. The molecule has 2 aromatic rings. The number of nitrogens with one attached hydrogen (secondary N) is 1. The van der Waals surface area contributed by atoms with Gasteiger partial charge in [-0.15, -0.1) is 0 Å². The molecule has 0 fully saturated rings. The van der Waals surface area contributed by atoms with E-state index in [2.05, 4.69) is 10.3 Å². The number of nitrogens with two attached hydrogens (primary N) is 1. The van der Waals surface area contributed by atoms with Crippen LogP contribution in [0.3, 0.4) is 0 Å². The van der Waals surface area contributed by atoms with Crippen molar-refractivity contribution in [2.24, 2.45) is 0 Å². The predicted molar refractivity (Wildman–Crippen MR) is 98.8 cm³/mol. The number of benzene rings is 1. The molecule has 0 saturated carbocycles. The summed E-state index contributed by atoms with van der Waals surface area (Å²) in [5.41, 5.74) is 7.70. The fraction of sp³-hybridized carbons (Fsp3) is 0.368. The monoisotopic (exact) mass is 343 g/mol. The van der Waals surface area contributed by atoms with Crippen molar-refractivity contribution >= 4 is 17.5 Å². The number of amides is 1. The van der Waals surface area contributed by atoms with Crippen LogP contribution < -0.4 is 15.8 Å². The van der Waals surface area contributed by atoms with Crippen molar-refractivity contribution in [1.82, 2.24) is 4.98 Å². The lowest BCUT2D eigenvalue weighted by molar-refractivity contribution is 0.0636. The maximum Gasteiger partial charge on any atom is 0.412 e. The van der Waals surface area contributed by atoms with Crippen LogP contribution in [0.25, 0.3) is 0 Å². The first-order valence-electron chi connectivity index (χ1n) is 8.25. The summed E-state index contributed by atoms with van der Waals surface area (Å²) in [6, 6.07) is 9.08. The second-order valence-corrected chi connectivity index (χ2v) is 6.69. The van der Waals surface area contributed by atoms with Crippen LogP contribution in [0.5, 0.6) is 5.75 Å². The Balaban J connectivity index is 1.87. The third-order valence-corrected chi connectivity index (χ3v) is 3.28. The second kappa shape index (κ2) is 8.37. The van der Waals surface area contributed by atoms with Crippen molar-refractivity contribution < 1.29 is 14.3 Å². The summed E-state index contributed by atoms with van der Waals surface area (Å²) in [5, 5.41) is 2.68. The highest BCUT2D eigenvalue weighted by atomic mass is 16.6. The van der Waals surface area contributed by atoms with Gasteiger partial charge in [0.05, 0.1) is 12.3 Å². The highest BCUT2D eigenvalue weighted by Crippen LogP contribution is 2.26. The molecule has 2 rings (SSSR count). The quantitative estimate of drug-likeness (QED) is 0.611. The summed E-state index contributed by atoms with van der Waals surface area (Å²) < 4.78 is 11.0. The molecule has 0 saturated heterocycles. The molecule has 1 aromatic carbocycles. The van der Waals surface area contributed by atoms with E-state index in [4.69, 9.17) is 15.2 Å². The van der Waals surface area contributed by atoms with Crippen molar-refractivity contribution in [1.29, 1.82) is 0 Å². The van der Waals surface area contributed by atoms with Gasteiger partial charge in [-0.05, 0) is 63.4 Å². The highest BCUT2D eigenvalue weighted by molar-refractivity contribution is 5.85. The molecule has 0 unspecified atom stereocenters. The van der Waals surface area contributed by atoms with Gasteiger partial charge in [-0.25, -0.2) is 4.79 Å². The van der Waals surface area contributed by atoms with Gasteiger partial charge in [0.25, 0.3) is 0 Å². The minimum atomic E-state index is -0.551. The molecule has 6 heteroatoms. The van der Waals surface area contributed by atoms with Gasteiger partial charge in [-0.1, -0.05) is 0 Å². The van der Waals surface area contributed by atoms with Crippen LogP contribution >= 0.6 is 0 Å². The van der Waals surface area contributed by atoms with Crippen LogP contribution in [0, 0.1) is 0 Å². The van der Waals surface area contributed by atoms with Crippen LogP contribution in [-0.2, 0) is 11.2 Å². The lowest BCUT2D eigenvalue weighted by atomic mass is 10.1. The van der Waals surface area contributed by atoms with E-state index in [1.165, 1.54) is 5.56 Å². The van der Waals surface area contributed by atoms with Gasteiger partial charge in [0.15, 0.2) is 0 Å². The van der Waals surface area contributed by atoms with Gasteiger partial charge in [-0.3, -0.25) is 10.3 Å². The molecule has 0 bridgehead atoms. The summed E-state index contributed by atoms with van der Waals surface area (Å²) in [5.74, 6) is 0.545. The largest absolute Gasteiger partial charge is 0.491 e. The molecule has 25 heavy (non-hydrogen) atoms. The molecule has 1 amide bonds. The molecule has 1 aromatic heterocycles. The fourth-order valence-electron chi connectivity index (χ4n) is 2.17. The smallest absolute Gasteiger partial charge is 0.412 e. The third-order valence-electron chi connectivity index (χ3n) is 3.28. The van der Waals surface area contributed by atoms with E-state index < -0.39 is 11.7 Å². The zero-order valence-corrected chi connectivity index (χ0v) is 14.9. The maximum absolute atomic E-state index is 11.8. The van der Waals surface area contributed by atoms with E-state index in [1.807, 2.05) is 32.9 Å². The van der Waals surface area contributed by atoms with Crippen molar-refractivity contribution in [2.75, 3.05) is 17.7 Å². The predicted octanol–water partition coefficient (Wildman–Crippen LogP) is 4.02. The molecular formula is C19H25N3O3. The Labute approximate surface area is 148 Å². The van der Waals surface area contributed by atoms with Crippen molar-refractivity contribution in [3.63, 3.8) is 0 Å². The molecule has 0 radical (unpaired) electrons. The van der Waals surface area contributed by atoms with E-state index >= 15 is 0 Å². The first-order valence-corrected chi connectivity index (χ1v) is 8.25. The van der Waals surface area contributed by atoms with Gasteiger partial charge in [0.1, 0.15) is 11.4 Å². The number of nitrogen functional groups attached to an aromatic ring is 1. The van der Waals surface area contributed by atoms with Crippen molar-refractivity contribution in [3.05, 3.63) is 48.3 Å². The van der Waals surface area contributed by atoms with Crippen LogP contribution in [-0.4, -0.2) is 23.3 Å². The second-order valence-electron chi connectivity index (χ2n) is 6.69. The van der Waals surface area contributed by atoms with Gasteiger partial charge < -0.3 is 15.2 Å². The molecule has 0 aliphatic rings. The lowest BCUT2D eigenvalue weighted by Crippen LogP contribution is -2.27. The topological polar surface area (TPSA) is 86.5 Å². The molecule has 134 valence electrons. The van der Waals surface area contributed by atoms with Gasteiger partial charge in [0, 0.05) is 24.1 Å². The van der Waals surface area contributed by atoms with E-state index in [0.717, 1.165) is 12.8 Å². The summed E-state index contributed by atoms with van der Waals surface area (Å²) in [4.78, 5) is 15.8. The Morgan fingerprint density at radius 3 is 2.60 bits per heavy atom. The minimum absolute atomic E-state index is 0.513. The van der Waals surface area contributed by atoms with E-state index in [-0.39, 0.29) is 0 Å². The zero-order valence-electron chi connectivity index (χ0n) is 14.9. The number of pyridine rings is 1. The standard InChI is InChI=1S/C19H25N3O3/c1-19(2,3)25-18(23)22-15-6-7-16(20)17(13-15)24-12-4-5-14-8-10-21-11-9-14/h6-11,13H,4-5,12,20H2,1-3H3,(H,22,23). The number of ether oxygens (including phenoxy) is 2. The third kappa shape index (κ3) is 6.71. The van der Waals surface area contributed by atoms with Gasteiger partial charge in [-0.2, -0.15) is 0 Å². The van der Waals surface area contributed by atoms with Crippen molar-refractivity contribution in [2.45, 2.75) is 39.2 Å². The summed E-state index contributed by atoms with van der Waals surface area (Å²) in [6.07, 6.45) is 4.80. The fourth-order valence-corrected chi connectivity index (χ4v) is 2.17. The molecule has 1 heterocycles. The van der Waals surface area contributed by atoms with Crippen molar-refractivity contribution in [3.8, 4) is 5.75 Å². The number of hydrogen-bond donors (Lipinski definition) is 2. The Bertz CT molecular complexity index is 697. The number of rotatable bonds is 6. The molecular weight excluding hydrogens is 318 g/mol. The number of carbonyl (C=O) groups excluding carboxylic acids is 1. The Kier molecular flexibility index (Phi) is 6.22. The molecule has 0 aliphatic heterocycles. The SMILES string of the molecule is CC(C)(C)OC(=O)Nc1ccc(N)c(OCCCc2ccncc2)c1. The Morgan fingerprint density at radius 1 is 1.20 bits per heavy atom. The highest BCUT2D eigenvalue weighted by Gasteiger charge is 2.16. The minimum Gasteiger partial charge on any atom is -0.491 e. The number of aryl methyl sites for hydroxylation is 1. The molecule has 0 spiro atoms. The number of carbonyl (C=O) groups is 1. The van der Waals surface area contributed by atoms with Gasteiger partial charge >= 0.3 is 6.09 Å². The molecule has 0 atom stereocenters. The molecule has 3 N–H and O–H groups in total. The van der Waals surface area contributed by atoms with E-state index in [0.29, 0.717) is 23.7 Å². The summed E-state index contributed by atoms with van der Waals surface area (Å²) in [7, 11) is 0. The Hall–Kier alpha value is -2.76. The van der Waals surface area contributed by atoms with Crippen LogP contribution in [0.2, 0.25) is 0 Å². The average molecular weight is 343 g/mol.